The number of sulfonamides is 1. The lowest BCUT2D eigenvalue weighted by atomic mass is 10.2. The van der Waals surface area contributed by atoms with Crippen LogP contribution in [0.2, 0.25) is 5.02 Å². The van der Waals surface area contributed by atoms with Crippen LogP contribution >= 0.6 is 11.6 Å². The number of nitrogens with zero attached hydrogens (tertiary/aromatic N) is 1. The summed E-state index contributed by atoms with van der Waals surface area (Å²) in [5.74, 6) is -1.50. The molecule has 2 N–H and O–H groups in total. The minimum atomic E-state index is -4.10. The second-order valence-electron chi connectivity index (χ2n) is 4.46. The molecule has 0 bridgehead atoms. The zero-order valence-electron chi connectivity index (χ0n) is 10.1. The summed E-state index contributed by atoms with van der Waals surface area (Å²) in [5, 5.41) is 4.53. The first kappa shape index (κ1) is 14.2. The first-order chi connectivity index (χ1) is 8.71. The predicted molar refractivity (Wildman–Crippen MR) is 67.9 cm³/mol. The number of hydrogen-bond donors (Lipinski definition) is 1. The molecule has 1 aliphatic carbocycles. The fourth-order valence-corrected chi connectivity index (χ4v) is 2.44. The summed E-state index contributed by atoms with van der Waals surface area (Å²) in [6, 6.07) is 1.80. The number of carbonyl (C=O) groups excluding carboxylic acids is 1. The average Bonchev–Trinajstić information content (AvgIpc) is 3.13. The summed E-state index contributed by atoms with van der Waals surface area (Å²) in [7, 11) is -2.53. The third-order valence-corrected chi connectivity index (χ3v) is 4.25. The van der Waals surface area contributed by atoms with Crippen LogP contribution < -0.4 is 5.14 Å². The molecule has 0 atom stereocenters. The van der Waals surface area contributed by atoms with E-state index in [4.69, 9.17) is 16.7 Å². The van der Waals surface area contributed by atoms with Crippen molar-refractivity contribution in [1.82, 2.24) is 4.90 Å². The molecule has 1 aliphatic rings. The molecule has 0 unspecified atom stereocenters. The van der Waals surface area contributed by atoms with Crippen molar-refractivity contribution < 1.29 is 17.6 Å². The minimum Gasteiger partial charge on any atom is -0.339 e. The van der Waals surface area contributed by atoms with E-state index in [1.807, 2.05) is 0 Å². The van der Waals surface area contributed by atoms with E-state index < -0.39 is 31.7 Å². The zero-order chi connectivity index (χ0) is 14.4. The highest BCUT2D eigenvalue weighted by Gasteiger charge is 2.32. The van der Waals surface area contributed by atoms with Crippen LogP contribution in [0.15, 0.2) is 17.0 Å². The number of halogens is 2. The summed E-state index contributed by atoms with van der Waals surface area (Å²) in [6.45, 7) is 0. The van der Waals surface area contributed by atoms with Gasteiger partial charge in [-0.1, -0.05) is 11.6 Å². The van der Waals surface area contributed by atoms with Crippen molar-refractivity contribution in [3.05, 3.63) is 28.5 Å². The van der Waals surface area contributed by atoms with Gasteiger partial charge in [-0.25, -0.2) is 17.9 Å². The van der Waals surface area contributed by atoms with E-state index in [9.17, 15) is 17.6 Å². The lowest BCUT2D eigenvalue weighted by molar-refractivity contribution is 0.0784. The fraction of sp³-hybridized carbons (Fsp3) is 0.364. The van der Waals surface area contributed by atoms with E-state index in [1.165, 1.54) is 4.90 Å². The monoisotopic (exact) mass is 306 g/mol. The van der Waals surface area contributed by atoms with Gasteiger partial charge in [-0.3, -0.25) is 4.79 Å². The Kier molecular flexibility index (Phi) is 3.55. The lowest BCUT2D eigenvalue weighted by Crippen LogP contribution is -2.29. The number of hydrogen-bond acceptors (Lipinski definition) is 3. The van der Waals surface area contributed by atoms with Crippen LogP contribution in [-0.2, 0) is 10.0 Å². The van der Waals surface area contributed by atoms with E-state index in [0.717, 1.165) is 18.9 Å². The van der Waals surface area contributed by atoms with Gasteiger partial charge in [0.15, 0.2) is 0 Å². The van der Waals surface area contributed by atoms with Crippen LogP contribution in [0.3, 0.4) is 0 Å². The standard InChI is InChI=1S/C11H12ClFN2O3S/c1-15(6-2-3-6)11(16)8-4-7(19(14,17)18)5-9(13)10(8)12/h4-6H,2-3H2,1H3,(H2,14,17,18). The van der Waals surface area contributed by atoms with Crippen LogP contribution in [-0.4, -0.2) is 32.3 Å². The lowest BCUT2D eigenvalue weighted by Gasteiger charge is -2.17. The van der Waals surface area contributed by atoms with Gasteiger partial charge in [-0.2, -0.15) is 0 Å². The minimum absolute atomic E-state index is 0.102. The number of carbonyl (C=O) groups is 1. The second kappa shape index (κ2) is 4.73. The molecule has 0 saturated heterocycles. The molecule has 0 radical (unpaired) electrons. The van der Waals surface area contributed by atoms with Gasteiger partial charge < -0.3 is 4.90 Å². The van der Waals surface area contributed by atoms with E-state index in [2.05, 4.69) is 0 Å². The third-order valence-electron chi connectivity index (χ3n) is 2.98. The smallest absolute Gasteiger partial charge is 0.255 e. The Morgan fingerprint density at radius 3 is 2.53 bits per heavy atom. The second-order valence-corrected chi connectivity index (χ2v) is 6.40. The molecule has 1 fully saturated rings. The highest BCUT2D eigenvalue weighted by Crippen LogP contribution is 2.30. The summed E-state index contributed by atoms with van der Waals surface area (Å²) >= 11 is 5.72. The Morgan fingerprint density at radius 1 is 1.47 bits per heavy atom. The molecule has 2 rings (SSSR count). The van der Waals surface area contributed by atoms with Crippen molar-refractivity contribution in [2.24, 2.45) is 5.14 Å². The van der Waals surface area contributed by atoms with E-state index in [-0.39, 0.29) is 11.6 Å². The summed E-state index contributed by atoms with van der Waals surface area (Å²) in [5.41, 5.74) is -0.194. The molecule has 0 aromatic heterocycles. The maximum atomic E-state index is 13.6. The normalized spacial score (nSPS) is 15.4. The molecule has 0 spiro atoms. The number of benzene rings is 1. The van der Waals surface area contributed by atoms with Crippen LogP contribution in [0.5, 0.6) is 0 Å². The maximum Gasteiger partial charge on any atom is 0.255 e. The van der Waals surface area contributed by atoms with Gasteiger partial charge in [0, 0.05) is 13.1 Å². The van der Waals surface area contributed by atoms with Gasteiger partial charge in [0.25, 0.3) is 5.91 Å². The zero-order valence-corrected chi connectivity index (χ0v) is 11.6. The van der Waals surface area contributed by atoms with Crippen LogP contribution in [0, 0.1) is 5.82 Å². The number of nitrogens with two attached hydrogens (primary N) is 1. The van der Waals surface area contributed by atoms with Gasteiger partial charge in [-0.05, 0) is 25.0 Å². The number of amides is 1. The summed E-state index contributed by atoms with van der Waals surface area (Å²) < 4.78 is 36.0. The number of primary sulfonamides is 1. The quantitative estimate of drug-likeness (QED) is 0.915. The molecule has 1 aromatic rings. The Hall–Kier alpha value is -1.18. The van der Waals surface area contributed by atoms with Gasteiger partial charge in [0.05, 0.1) is 15.5 Å². The van der Waals surface area contributed by atoms with E-state index in [1.54, 1.807) is 7.05 Å². The molecular formula is C11H12ClFN2O3S. The van der Waals surface area contributed by atoms with Gasteiger partial charge in [-0.15, -0.1) is 0 Å². The molecule has 0 aliphatic heterocycles. The summed E-state index contributed by atoms with van der Waals surface area (Å²) in [6.07, 6.45) is 1.74. The predicted octanol–water partition coefficient (Wildman–Crippen LogP) is 1.36. The molecule has 1 saturated carbocycles. The topological polar surface area (TPSA) is 80.5 Å². The number of rotatable bonds is 3. The van der Waals surface area contributed by atoms with Gasteiger partial charge in [0.2, 0.25) is 10.0 Å². The highest BCUT2D eigenvalue weighted by molar-refractivity contribution is 7.89. The first-order valence-corrected chi connectivity index (χ1v) is 7.43. The molecule has 5 nitrogen and oxygen atoms in total. The largest absolute Gasteiger partial charge is 0.339 e. The Bertz CT molecular complexity index is 644. The molecule has 8 heteroatoms. The van der Waals surface area contributed by atoms with Gasteiger partial charge in [0.1, 0.15) is 5.82 Å². The van der Waals surface area contributed by atoms with Crippen molar-refractivity contribution in [2.45, 2.75) is 23.8 Å². The molecule has 1 aromatic carbocycles. The van der Waals surface area contributed by atoms with Gasteiger partial charge >= 0.3 is 0 Å². The van der Waals surface area contributed by atoms with Crippen molar-refractivity contribution in [1.29, 1.82) is 0 Å². The summed E-state index contributed by atoms with van der Waals surface area (Å²) in [4.78, 5) is 13.1. The van der Waals surface area contributed by atoms with Crippen LogP contribution in [0.25, 0.3) is 0 Å². The highest BCUT2D eigenvalue weighted by atomic mass is 35.5. The molecule has 19 heavy (non-hydrogen) atoms. The molecule has 104 valence electrons. The van der Waals surface area contributed by atoms with Crippen molar-refractivity contribution in [3.8, 4) is 0 Å². The fourth-order valence-electron chi connectivity index (χ4n) is 1.70. The first-order valence-electron chi connectivity index (χ1n) is 5.51. The molecular weight excluding hydrogens is 295 g/mol. The molecule has 0 heterocycles. The maximum absolute atomic E-state index is 13.6. The third kappa shape index (κ3) is 2.88. The van der Waals surface area contributed by atoms with Crippen molar-refractivity contribution >= 4 is 27.5 Å². The molecule has 1 amide bonds. The Labute approximate surface area is 115 Å². The van der Waals surface area contributed by atoms with Crippen LogP contribution in [0.4, 0.5) is 4.39 Å². The van der Waals surface area contributed by atoms with E-state index in [0.29, 0.717) is 6.07 Å². The average molecular weight is 307 g/mol. The Morgan fingerprint density at radius 2 is 2.05 bits per heavy atom. The van der Waals surface area contributed by atoms with E-state index >= 15 is 0 Å². The van der Waals surface area contributed by atoms with Crippen molar-refractivity contribution in [2.75, 3.05) is 7.05 Å². The SMILES string of the molecule is CN(C(=O)c1cc(S(N)(=O)=O)cc(F)c1Cl)C1CC1. The van der Waals surface area contributed by atoms with Crippen molar-refractivity contribution in [3.63, 3.8) is 0 Å². The van der Waals surface area contributed by atoms with Crippen LogP contribution in [0.1, 0.15) is 23.2 Å². The Balaban J connectivity index is 2.49.